The van der Waals surface area contributed by atoms with Crippen molar-refractivity contribution in [1.29, 1.82) is 0 Å². The fraction of sp³-hybridized carbons (Fsp3) is 0.833. The molecule has 74 valence electrons. The Hall–Kier alpha value is -0.300. The van der Waals surface area contributed by atoms with Crippen LogP contribution in [0.4, 0.5) is 0 Å². The summed E-state index contributed by atoms with van der Waals surface area (Å²) in [5.74, 6) is 0.914. The smallest absolute Gasteiger partial charge is 0.0278 e. The normalized spacial score (nSPS) is 40.3. The lowest BCUT2D eigenvalue weighted by atomic mass is 9.88. The van der Waals surface area contributed by atoms with Gasteiger partial charge in [0.2, 0.25) is 0 Å². The summed E-state index contributed by atoms with van der Waals surface area (Å²) in [6.45, 7) is 6.02. The molecule has 2 rings (SSSR count). The van der Waals surface area contributed by atoms with Crippen molar-refractivity contribution in [2.45, 2.75) is 51.6 Å². The molecule has 2 aliphatic heterocycles. The van der Waals surface area contributed by atoms with Crippen LogP contribution in [0.3, 0.4) is 0 Å². The highest BCUT2D eigenvalue weighted by atomic mass is 15.2. The minimum atomic E-state index is 0.737. The molecule has 13 heavy (non-hydrogen) atoms. The second-order valence-electron chi connectivity index (χ2n) is 4.67. The van der Waals surface area contributed by atoms with Crippen molar-refractivity contribution in [3.05, 3.63) is 12.2 Å². The lowest BCUT2D eigenvalue weighted by Gasteiger charge is -2.44. The molecule has 2 aliphatic rings. The van der Waals surface area contributed by atoms with Crippen LogP contribution < -0.4 is 0 Å². The van der Waals surface area contributed by atoms with E-state index in [2.05, 4.69) is 30.9 Å². The largest absolute Gasteiger partial charge is 0.293 e. The van der Waals surface area contributed by atoms with E-state index in [-0.39, 0.29) is 0 Å². The molecule has 2 heterocycles. The van der Waals surface area contributed by atoms with Crippen LogP contribution in [-0.2, 0) is 0 Å². The Morgan fingerprint density at radius 1 is 1.38 bits per heavy atom. The summed E-state index contributed by atoms with van der Waals surface area (Å²) in [5.41, 5.74) is 0. The first-order chi connectivity index (χ1) is 6.31. The van der Waals surface area contributed by atoms with E-state index in [1.807, 2.05) is 0 Å². The minimum absolute atomic E-state index is 0.737. The fourth-order valence-corrected chi connectivity index (χ4v) is 2.78. The molecule has 1 fully saturated rings. The van der Waals surface area contributed by atoms with Gasteiger partial charge in [-0.2, -0.15) is 0 Å². The lowest BCUT2D eigenvalue weighted by Crippen LogP contribution is -2.49. The number of fused-ring (bicyclic) bond motifs is 1. The van der Waals surface area contributed by atoms with E-state index >= 15 is 0 Å². The molecule has 0 amide bonds. The van der Waals surface area contributed by atoms with Gasteiger partial charge in [0, 0.05) is 18.6 Å². The number of nitrogens with zero attached hydrogens (tertiary/aromatic N) is 1. The van der Waals surface area contributed by atoms with Crippen LogP contribution in [0, 0.1) is 5.92 Å². The van der Waals surface area contributed by atoms with Crippen molar-refractivity contribution in [3.63, 3.8) is 0 Å². The molecule has 0 aromatic rings. The molecular formula is C12H21N. The Morgan fingerprint density at radius 3 is 3.00 bits per heavy atom. The second kappa shape index (κ2) is 3.83. The third-order valence-corrected chi connectivity index (χ3v) is 3.59. The predicted molar refractivity (Wildman–Crippen MR) is 56.7 cm³/mol. The average Bonchev–Trinajstić information content (AvgIpc) is 2.17. The van der Waals surface area contributed by atoms with E-state index < -0.39 is 0 Å². The van der Waals surface area contributed by atoms with E-state index in [4.69, 9.17) is 0 Å². The molecule has 0 N–H and O–H groups in total. The van der Waals surface area contributed by atoms with Crippen molar-refractivity contribution in [1.82, 2.24) is 4.90 Å². The Morgan fingerprint density at radius 2 is 2.23 bits per heavy atom. The number of hydrogen-bond donors (Lipinski definition) is 0. The van der Waals surface area contributed by atoms with Gasteiger partial charge in [0.1, 0.15) is 0 Å². The van der Waals surface area contributed by atoms with E-state index in [0.29, 0.717) is 0 Å². The molecule has 3 atom stereocenters. The van der Waals surface area contributed by atoms with Crippen LogP contribution in [0.1, 0.15) is 39.5 Å². The SMILES string of the molecule is CCC1C=CCC2CCC(C)CN12. The third-order valence-electron chi connectivity index (χ3n) is 3.59. The molecule has 0 bridgehead atoms. The predicted octanol–water partition coefficient (Wildman–Crippen LogP) is 2.83. The highest BCUT2D eigenvalue weighted by Gasteiger charge is 2.30. The highest BCUT2D eigenvalue weighted by molar-refractivity contribution is 5.04. The minimum Gasteiger partial charge on any atom is -0.293 e. The number of rotatable bonds is 1. The Balaban J connectivity index is 2.07. The lowest BCUT2D eigenvalue weighted by molar-refractivity contribution is 0.0784. The summed E-state index contributed by atoms with van der Waals surface area (Å²) in [4.78, 5) is 2.73. The van der Waals surface area contributed by atoms with Crippen LogP contribution >= 0.6 is 0 Å². The van der Waals surface area contributed by atoms with Gasteiger partial charge in [0.05, 0.1) is 0 Å². The molecule has 3 unspecified atom stereocenters. The molecule has 1 nitrogen and oxygen atoms in total. The maximum Gasteiger partial charge on any atom is 0.0278 e. The van der Waals surface area contributed by atoms with Crippen molar-refractivity contribution in [3.8, 4) is 0 Å². The molecule has 0 radical (unpaired) electrons. The summed E-state index contributed by atoms with van der Waals surface area (Å²) in [7, 11) is 0. The zero-order valence-electron chi connectivity index (χ0n) is 8.87. The standard InChI is InChI=1S/C12H21N/c1-3-11-5-4-6-12-8-7-10(2)9-13(11)12/h4-5,10-12H,3,6-9H2,1-2H3. The summed E-state index contributed by atoms with van der Waals surface area (Å²) >= 11 is 0. The average molecular weight is 179 g/mol. The summed E-state index contributed by atoms with van der Waals surface area (Å²) in [6, 6.07) is 1.60. The van der Waals surface area contributed by atoms with Gasteiger partial charge >= 0.3 is 0 Å². The maximum absolute atomic E-state index is 2.73. The van der Waals surface area contributed by atoms with Gasteiger partial charge in [-0.05, 0) is 31.6 Å². The van der Waals surface area contributed by atoms with Gasteiger partial charge < -0.3 is 0 Å². The monoisotopic (exact) mass is 179 g/mol. The van der Waals surface area contributed by atoms with Crippen LogP contribution in [0.5, 0.6) is 0 Å². The van der Waals surface area contributed by atoms with E-state index in [1.54, 1.807) is 0 Å². The van der Waals surface area contributed by atoms with Crippen molar-refractivity contribution < 1.29 is 0 Å². The van der Waals surface area contributed by atoms with Gasteiger partial charge in [0.25, 0.3) is 0 Å². The zero-order valence-corrected chi connectivity index (χ0v) is 8.87. The van der Waals surface area contributed by atoms with Gasteiger partial charge in [0.15, 0.2) is 0 Å². The molecule has 0 saturated carbocycles. The number of piperidine rings is 1. The van der Waals surface area contributed by atoms with Crippen LogP contribution in [0.2, 0.25) is 0 Å². The molecule has 0 spiro atoms. The van der Waals surface area contributed by atoms with Crippen LogP contribution in [-0.4, -0.2) is 23.5 Å². The first kappa shape index (κ1) is 9.26. The molecule has 0 aliphatic carbocycles. The Labute approximate surface area is 81.8 Å². The summed E-state index contributed by atoms with van der Waals surface area (Å²) in [6.07, 6.45) is 10.2. The van der Waals surface area contributed by atoms with Gasteiger partial charge in [-0.1, -0.05) is 26.0 Å². The summed E-state index contributed by atoms with van der Waals surface area (Å²) in [5, 5.41) is 0. The fourth-order valence-electron chi connectivity index (χ4n) is 2.78. The van der Waals surface area contributed by atoms with Gasteiger partial charge in [-0.15, -0.1) is 0 Å². The van der Waals surface area contributed by atoms with E-state index in [1.165, 1.54) is 32.2 Å². The van der Waals surface area contributed by atoms with Crippen molar-refractivity contribution in [2.75, 3.05) is 6.54 Å². The zero-order chi connectivity index (χ0) is 9.26. The first-order valence-electron chi connectivity index (χ1n) is 5.73. The van der Waals surface area contributed by atoms with Crippen LogP contribution in [0.15, 0.2) is 12.2 Å². The van der Waals surface area contributed by atoms with Crippen molar-refractivity contribution >= 4 is 0 Å². The van der Waals surface area contributed by atoms with Crippen LogP contribution in [0.25, 0.3) is 0 Å². The first-order valence-corrected chi connectivity index (χ1v) is 5.73. The molecular weight excluding hydrogens is 158 g/mol. The quantitative estimate of drug-likeness (QED) is 0.559. The van der Waals surface area contributed by atoms with E-state index in [9.17, 15) is 0 Å². The van der Waals surface area contributed by atoms with Crippen molar-refractivity contribution in [2.24, 2.45) is 5.92 Å². The molecule has 0 aromatic carbocycles. The second-order valence-corrected chi connectivity index (χ2v) is 4.67. The molecule has 1 heteroatoms. The molecule has 1 saturated heterocycles. The topological polar surface area (TPSA) is 3.24 Å². The van der Waals surface area contributed by atoms with Gasteiger partial charge in [-0.25, -0.2) is 0 Å². The van der Waals surface area contributed by atoms with E-state index in [0.717, 1.165) is 18.0 Å². The van der Waals surface area contributed by atoms with Gasteiger partial charge in [-0.3, -0.25) is 4.90 Å². The summed E-state index contributed by atoms with van der Waals surface area (Å²) < 4.78 is 0. The maximum atomic E-state index is 2.73. The third kappa shape index (κ3) is 1.80. The molecule has 0 aromatic heterocycles. The number of hydrogen-bond acceptors (Lipinski definition) is 1. The highest BCUT2D eigenvalue weighted by Crippen LogP contribution is 2.29. The Bertz CT molecular complexity index is 197. The Kier molecular flexibility index (Phi) is 2.73.